The number of hydrogen-bond acceptors (Lipinski definition) is 2. The topological polar surface area (TPSA) is 32.3 Å². The molecular weight excluding hydrogens is 236 g/mol. The highest BCUT2D eigenvalue weighted by Gasteiger charge is 2.25. The van der Waals surface area contributed by atoms with E-state index in [9.17, 15) is 4.79 Å². The molecule has 3 nitrogen and oxygen atoms in total. The Bertz CT molecular complexity index is 402. The van der Waals surface area contributed by atoms with Crippen LogP contribution in [-0.2, 0) is 11.2 Å². The molecule has 0 heterocycles. The third kappa shape index (κ3) is 4.67. The summed E-state index contributed by atoms with van der Waals surface area (Å²) in [6.07, 6.45) is 4.60. The second kappa shape index (κ2) is 6.71. The van der Waals surface area contributed by atoms with Crippen LogP contribution in [0.25, 0.3) is 0 Å². The van der Waals surface area contributed by atoms with Crippen molar-refractivity contribution in [1.82, 2.24) is 10.2 Å². The zero-order valence-corrected chi connectivity index (χ0v) is 11.9. The maximum Gasteiger partial charge on any atom is 0.234 e. The molecule has 0 unspecified atom stereocenters. The molecule has 0 aromatic heterocycles. The molecule has 1 N–H and O–H groups in total. The van der Waals surface area contributed by atoms with Crippen LogP contribution in [0.3, 0.4) is 0 Å². The van der Waals surface area contributed by atoms with Crippen LogP contribution in [0.4, 0.5) is 0 Å². The van der Waals surface area contributed by atoms with Gasteiger partial charge < -0.3 is 10.2 Å². The van der Waals surface area contributed by atoms with Crippen LogP contribution >= 0.6 is 0 Å². The molecule has 1 aliphatic rings. The fourth-order valence-electron chi connectivity index (χ4n) is 2.90. The number of nitrogens with zero attached hydrogens (tertiary/aromatic N) is 1. The van der Waals surface area contributed by atoms with E-state index in [1.807, 2.05) is 19.0 Å². The van der Waals surface area contributed by atoms with Crippen LogP contribution in [0.1, 0.15) is 24.8 Å². The fourth-order valence-corrected chi connectivity index (χ4v) is 2.90. The lowest BCUT2D eigenvalue weighted by Crippen LogP contribution is -2.38. The molecular formula is C16H24N2O. The summed E-state index contributed by atoms with van der Waals surface area (Å²) >= 11 is 0. The van der Waals surface area contributed by atoms with Gasteiger partial charge in [-0.3, -0.25) is 4.79 Å². The largest absolute Gasteiger partial charge is 0.352 e. The molecule has 2 rings (SSSR count). The lowest BCUT2D eigenvalue weighted by molar-refractivity contribution is -0.122. The Labute approximate surface area is 116 Å². The first-order valence-electron chi connectivity index (χ1n) is 7.11. The molecule has 0 bridgehead atoms. The quantitative estimate of drug-likeness (QED) is 0.879. The monoisotopic (exact) mass is 260 g/mol. The second-order valence-corrected chi connectivity index (χ2v) is 5.87. The second-order valence-electron chi connectivity index (χ2n) is 5.87. The summed E-state index contributed by atoms with van der Waals surface area (Å²) in [6.45, 7) is 0.486. The fraction of sp³-hybridized carbons (Fsp3) is 0.562. The van der Waals surface area contributed by atoms with Gasteiger partial charge in [0.1, 0.15) is 0 Å². The average molecular weight is 260 g/mol. The Kier molecular flexibility index (Phi) is 4.97. The van der Waals surface area contributed by atoms with E-state index in [-0.39, 0.29) is 5.91 Å². The van der Waals surface area contributed by atoms with Gasteiger partial charge in [0.25, 0.3) is 0 Å². The minimum atomic E-state index is 0.148. The van der Waals surface area contributed by atoms with Gasteiger partial charge in [0, 0.05) is 6.04 Å². The van der Waals surface area contributed by atoms with Crippen LogP contribution in [0.2, 0.25) is 0 Å². The molecule has 0 aliphatic heterocycles. The van der Waals surface area contributed by atoms with Gasteiger partial charge >= 0.3 is 0 Å². The first-order chi connectivity index (χ1) is 9.13. The molecule has 3 heteroatoms. The Balaban J connectivity index is 1.76. The number of carbonyl (C=O) groups excluding carboxylic acids is 1. The van der Waals surface area contributed by atoms with Crippen molar-refractivity contribution in [2.24, 2.45) is 5.92 Å². The minimum Gasteiger partial charge on any atom is -0.352 e. The third-order valence-electron chi connectivity index (χ3n) is 3.73. The highest BCUT2D eigenvalue weighted by molar-refractivity contribution is 5.78. The van der Waals surface area contributed by atoms with Crippen molar-refractivity contribution in [3.63, 3.8) is 0 Å². The smallest absolute Gasteiger partial charge is 0.234 e. The van der Waals surface area contributed by atoms with Gasteiger partial charge in [0.05, 0.1) is 6.54 Å². The molecule has 0 spiro atoms. The van der Waals surface area contributed by atoms with Crippen molar-refractivity contribution in [1.29, 1.82) is 0 Å². The first kappa shape index (κ1) is 14.1. The highest BCUT2D eigenvalue weighted by atomic mass is 16.2. The number of nitrogens with one attached hydrogen (secondary N) is 1. The minimum absolute atomic E-state index is 0.148. The molecule has 1 fully saturated rings. The molecule has 0 radical (unpaired) electrons. The summed E-state index contributed by atoms with van der Waals surface area (Å²) < 4.78 is 0. The predicted molar refractivity (Wildman–Crippen MR) is 78.0 cm³/mol. The Morgan fingerprint density at radius 1 is 1.26 bits per heavy atom. The van der Waals surface area contributed by atoms with Gasteiger partial charge in [-0.15, -0.1) is 0 Å². The highest BCUT2D eigenvalue weighted by Crippen LogP contribution is 2.28. The van der Waals surface area contributed by atoms with E-state index in [0.29, 0.717) is 18.5 Å². The van der Waals surface area contributed by atoms with Crippen molar-refractivity contribution < 1.29 is 4.79 Å². The van der Waals surface area contributed by atoms with Gasteiger partial charge in [-0.2, -0.15) is 0 Å². The van der Waals surface area contributed by atoms with Crippen molar-refractivity contribution >= 4 is 5.91 Å². The van der Waals surface area contributed by atoms with Crippen LogP contribution < -0.4 is 5.32 Å². The average Bonchev–Trinajstić information content (AvgIpc) is 2.76. The van der Waals surface area contributed by atoms with E-state index in [0.717, 1.165) is 19.3 Å². The Morgan fingerprint density at radius 2 is 2.00 bits per heavy atom. The van der Waals surface area contributed by atoms with E-state index >= 15 is 0 Å². The van der Waals surface area contributed by atoms with Gasteiger partial charge in [0.15, 0.2) is 0 Å². The van der Waals surface area contributed by atoms with Crippen LogP contribution in [-0.4, -0.2) is 37.5 Å². The normalized spacial score (nSPS) is 22.7. The van der Waals surface area contributed by atoms with Gasteiger partial charge in [0.2, 0.25) is 5.91 Å². The van der Waals surface area contributed by atoms with Crippen molar-refractivity contribution in [3.05, 3.63) is 35.9 Å². The standard InChI is InChI=1S/C16H24N2O/c1-18(2)12-16(19)17-15-9-8-14(11-15)10-13-6-4-3-5-7-13/h3-7,14-15H,8-12H2,1-2H3,(H,17,19)/t14-,15-/m1/s1. The lowest BCUT2D eigenvalue weighted by Gasteiger charge is -2.15. The number of carbonyl (C=O) groups is 1. The van der Waals surface area contributed by atoms with Gasteiger partial charge in [-0.05, 0) is 51.3 Å². The molecule has 1 aliphatic carbocycles. The molecule has 0 saturated heterocycles. The van der Waals surface area contributed by atoms with E-state index in [1.165, 1.54) is 12.0 Å². The third-order valence-corrected chi connectivity index (χ3v) is 3.73. The van der Waals surface area contributed by atoms with Crippen molar-refractivity contribution in [2.75, 3.05) is 20.6 Å². The summed E-state index contributed by atoms with van der Waals surface area (Å²) in [6, 6.07) is 11.0. The van der Waals surface area contributed by atoms with Crippen molar-refractivity contribution in [3.8, 4) is 0 Å². The number of benzene rings is 1. The van der Waals surface area contributed by atoms with Crippen LogP contribution in [0.15, 0.2) is 30.3 Å². The van der Waals surface area contributed by atoms with Crippen LogP contribution in [0.5, 0.6) is 0 Å². The van der Waals surface area contributed by atoms with E-state index < -0.39 is 0 Å². The number of likely N-dealkylation sites (N-methyl/N-ethyl adjacent to an activating group) is 1. The molecule has 104 valence electrons. The SMILES string of the molecule is CN(C)CC(=O)N[C@@H]1CC[C@H](Cc2ccccc2)C1. The Hall–Kier alpha value is -1.35. The summed E-state index contributed by atoms with van der Waals surface area (Å²) in [5, 5.41) is 3.15. The zero-order chi connectivity index (χ0) is 13.7. The summed E-state index contributed by atoms with van der Waals surface area (Å²) in [4.78, 5) is 13.6. The molecule has 2 atom stereocenters. The number of hydrogen-bond donors (Lipinski definition) is 1. The van der Waals surface area contributed by atoms with Crippen molar-refractivity contribution in [2.45, 2.75) is 31.7 Å². The predicted octanol–water partition coefficient (Wildman–Crippen LogP) is 2.08. The molecule has 1 aromatic carbocycles. The van der Waals surface area contributed by atoms with E-state index in [4.69, 9.17) is 0 Å². The van der Waals surface area contributed by atoms with Gasteiger partial charge in [-0.25, -0.2) is 0 Å². The zero-order valence-electron chi connectivity index (χ0n) is 11.9. The summed E-state index contributed by atoms with van der Waals surface area (Å²) in [5.74, 6) is 0.863. The molecule has 1 amide bonds. The maximum atomic E-state index is 11.7. The van der Waals surface area contributed by atoms with E-state index in [2.05, 4.69) is 35.6 Å². The van der Waals surface area contributed by atoms with Crippen LogP contribution in [0, 0.1) is 5.92 Å². The molecule has 1 aromatic rings. The van der Waals surface area contributed by atoms with E-state index in [1.54, 1.807) is 0 Å². The van der Waals surface area contributed by atoms with Gasteiger partial charge in [-0.1, -0.05) is 30.3 Å². The summed E-state index contributed by atoms with van der Waals surface area (Å²) in [7, 11) is 3.85. The first-order valence-corrected chi connectivity index (χ1v) is 7.11. The molecule has 1 saturated carbocycles. The summed E-state index contributed by atoms with van der Waals surface area (Å²) in [5.41, 5.74) is 1.41. The number of amides is 1. The molecule has 19 heavy (non-hydrogen) atoms. The number of rotatable bonds is 5. The Morgan fingerprint density at radius 3 is 2.68 bits per heavy atom. The lowest BCUT2D eigenvalue weighted by atomic mass is 9.98. The maximum absolute atomic E-state index is 11.7.